The number of benzene rings is 3. The van der Waals surface area contributed by atoms with E-state index < -0.39 is 34.5 Å². The van der Waals surface area contributed by atoms with E-state index in [1.807, 2.05) is 61.5 Å². The van der Waals surface area contributed by atoms with Crippen molar-refractivity contribution in [1.82, 2.24) is 14.5 Å². The maximum atomic E-state index is 14.1. The summed E-state index contributed by atoms with van der Waals surface area (Å²) in [7, 11) is -1.44. The highest BCUT2D eigenvalue weighted by atomic mass is 79.9. The van der Waals surface area contributed by atoms with Crippen LogP contribution in [-0.2, 0) is 32.8 Å². The lowest BCUT2D eigenvalue weighted by atomic mass is 10.0. The lowest BCUT2D eigenvalue weighted by Crippen LogP contribution is -2.54. The Morgan fingerprint density at radius 3 is 2.20 bits per heavy atom. The van der Waals surface area contributed by atoms with Gasteiger partial charge < -0.3 is 10.2 Å². The van der Waals surface area contributed by atoms with Gasteiger partial charge in [0.1, 0.15) is 18.4 Å². The molecule has 0 aliphatic carbocycles. The molecule has 11 heteroatoms. The normalized spacial score (nSPS) is 12.2. The van der Waals surface area contributed by atoms with Crippen LogP contribution in [0.5, 0.6) is 0 Å². The first kappa shape index (κ1) is 31.3. The number of anilines is 1. The molecule has 8 nitrogen and oxygen atoms in total. The van der Waals surface area contributed by atoms with Crippen LogP contribution < -0.4 is 9.62 Å². The number of rotatable bonds is 13. The fourth-order valence-electron chi connectivity index (χ4n) is 4.08. The molecule has 1 N–H and O–H groups in total. The van der Waals surface area contributed by atoms with Gasteiger partial charge >= 0.3 is 10.2 Å². The third kappa shape index (κ3) is 8.36. The molecule has 0 heterocycles. The van der Waals surface area contributed by atoms with E-state index >= 15 is 0 Å². The van der Waals surface area contributed by atoms with Crippen LogP contribution in [0.2, 0.25) is 0 Å². The lowest BCUT2D eigenvalue weighted by molar-refractivity contribution is -0.140. The third-order valence-electron chi connectivity index (χ3n) is 6.20. The molecule has 0 fully saturated rings. The lowest BCUT2D eigenvalue weighted by Gasteiger charge is -2.34. The first-order valence-electron chi connectivity index (χ1n) is 12.8. The molecule has 0 aliphatic heterocycles. The van der Waals surface area contributed by atoms with E-state index in [-0.39, 0.29) is 24.6 Å². The highest BCUT2D eigenvalue weighted by molar-refractivity contribution is 9.10. The summed E-state index contributed by atoms with van der Waals surface area (Å²) in [5.41, 5.74) is 1.73. The van der Waals surface area contributed by atoms with Crippen molar-refractivity contribution in [3.63, 3.8) is 0 Å². The Morgan fingerprint density at radius 1 is 0.950 bits per heavy atom. The molecule has 3 aromatic carbocycles. The Labute approximate surface area is 244 Å². The van der Waals surface area contributed by atoms with Gasteiger partial charge in [-0.2, -0.15) is 12.7 Å². The standard InChI is InChI=1S/C29H34BrFN4O4S/c1-4-17-32-29(37)27(19-22-9-6-5-7-10-22)34(20-23-11-8-12-24(30)18-23)28(36)21-35(40(38,39)33(2)3)26-15-13-25(31)14-16-26/h5-16,18,27H,4,17,19-21H2,1-3H3,(H,32,37)/t27-/m1/s1. The Kier molecular flexibility index (Phi) is 11.2. The second-order valence-electron chi connectivity index (χ2n) is 9.42. The number of hydrogen-bond donors (Lipinski definition) is 1. The van der Waals surface area contributed by atoms with Crippen molar-refractivity contribution in [3.05, 3.63) is 100 Å². The highest BCUT2D eigenvalue weighted by Gasteiger charge is 2.34. The zero-order valence-corrected chi connectivity index (χ0v) is 25.2. The number of nitrogens with zero attached hydrogens (tertiary/aromatic N) is 3. The molecule has 0 aliphatic rings. The second-order valence-corrected chi connectivity index (χ2v) is 12.4. The quantitative estimate of drug-likeness (QED) is 0.303. The zero-order valence-electron chi connectivity index (χ0n) is 22.8. The van der Waals surface area contributed by atoms with Crippen molar-refractivity contribution in [2.24, 2.45) is 0 Å². The summed E-state index contributed by atoms with van der Waals surface area (Å²) in [6.07, 6.45) is 0.940. The van der Waals surface area contributed by atoms with Gasteiger partial charge in [-0.1, -0.05) is 65.3 Å². The Balaban J connectivity index is 2.07. The van der Waals surface area contributed by atoms with Gasteiger partial charge in [-0.15, -0.1) is 0 Å². The van der Waals surface area contributed by atoms with Gasteiger partial charge in [0.2, 0.25) is 11.8 Å². The summed E-state index contributed by atoms with van der Waals surface area (Å²) in [4.78, 5) is 29.0. The minimum Gasteiger partial charge on any atom is -0.354 e. The van der Waals surface area contributed by atoms with Crippen molar-refractivity contribution in [1.29, 1.82) is 0 Å². The topological polar surface area (TPSA) is 90.0 Å². The smallest absolute Gasteiger partial charge is 0.304 e. The fraction of sp³-hybridized carbons (Fsp3) is 0.310. The highest BCUT2D eigenvalue weighted by Crippen LogP contribution is 2.23. The predicted molar refractivity (Wildman–Crippen MR) is 158 cm³/mol. The van der Waals surface area contributed by atoms with Crippen molar-refractivity contribution in [2.45, 2.75) is 32.4 Å². The summed E-state index contributed by atoms with van der Waals surface area (Å²) in [5.74, 6) is -1.45. The van der Waals surface area contributed by atoms with Crippen LogP contribution in [0.4, 0.5) is 10.1 Å². The van der Waals surface area contributed by atoms with Crippen LogP contribution in [0.3, 0.4) is 0 Å². The van der Waals surface area contributed by atoms with E-state index in [1.54, 1.807) is 0 Å². The van der Waals surface area contributed by atoms with Crippen LogP contribution in [0, 0.1) is 5.82 Å². The predicted octanol–water partition coefficient (Wildman–Crippen LogP) is 4.37. The molecule has 1 atom stereocenters. The SMILES string of the molecule is CCCNC(=O)[C@@H](Cc1ccccc1)N(Cc1cccc(Br)c1)C(=O)CN(c1ccc(F)cc1)S(=O)(=O)N(C)C. The Bertz CT molecular complexity index is 1390. The molecule has 3 aromatic rings. The molecule has 0 saturated heterocycles. The zero-order chi connectivity index (χ0) is 29.3. The Hall–Kier alpha value is -3.28. The molecular formula is C29H34BrFN4O4S. The van der Waals surface area contributed by atoms with Crippen LogP contribution in [0.15, 0.2) is 83.3 Å². The molecule has 0 saturated carbocycles. The van der Waals surface area contributed by atoms with Crippen molar-refractivity contribution in [2.75, 3.05) is 31.5 Å². The number of nitrogens with one attached hydrogen (secondary N) is 1. The molecule has 0 radical (unpaired) electrons. The van der Waals surface area contributed by atoms with Crippen LogP contribution in [0.25, 0.3) is 0 Å². The van der Waals surface area contributed by atoms with Gasteiger partial charge in [0, 0.05) is 38.1 Å². The van der Waals surface area contributed by atoms with E-state index in [0.717, 1.165) is 36.3 Å². The second kappa shape index (κ2) is 14.4. The largest absolute Gasteiger partial charge is 0.354 e. The summed E-state index contributed by atoms with van der Waals surface area (Å²) < 4.78 is 43.0. The maximum absolute atomic E-state index is 14.1. The van der Waals surface area contributed by atoms with Gasteiger partial charge in [-0.25, -0.2) is 8.70 Å². The van der Waals surface area contributed by atoms with E-state index in [4.69, 9.17) is 0 Å². The third-order valence-corrected chi connectivity index (χ3v) is 8.51. The minimum absolute atomic E-state index is 0.0641. The Morgan fingerprint density at radius 2 is 1.60 bits per heavy atom. The van der Waals surface area contributed by atoms with Gasteiger partial charge in [0.25, 0.3) is 0 Å². The van der Waals surface area contributed by atoms with Gasteiger partial charge in [-0.05, 0) is 53.9 Å². The molecule has 0 spiro atoms. The number of carbonyl (C=O) groups excluding carboxylic acids is 2. The number of hydrogen-bond acceptors (Lipinski definition) is 4. The molecule has 2 amide bonds. The van der Waals surface area contributed by atoms with Crippen LogP contribution in [0.1, 0.15) is 24.5 Å². The summed E-state index contributed by atoms with van der Waals surface area (Å²) in [6.45, 7) is 1.84. The van der Waals surface area contributed by atoms with Crippen molar-refractivity contribution >= 4 is 43.6 Å². The first-order valence-corrected chi connectivity index (χ1v) is 15.0. The molecule has 0 aromatic heterocycles. The van der Waals surface area contributed by atoms with Gasteiger partial charge in [0.05, 0.1) is 5.69 Å². The van der Waals surface area contributed by atoms with Crippen molar-refractivity contribution in [3.8, 4) is 0 Å². The van der Waals surface area contributed by atoms with Gasteiger partial charge in [-0.3, -0.25) is 9.59 Å². The molecule has 214 valence electrons. The molecule has 0 unspecified atom stereocenters. The minimum atomic E-state index is -4.14. The average molecular weight is 634 g/mol. The number of amides is 2. The maximum Gasteiger partial charge on any atom is 0.304 e. The van der Waals surface area contributed by atoms with Gasteiger partial charge in [0.15, 0.2) is 0 Å². The van der Waals surface area contributed by atoms with E-state index in [9.17, 15) is 22.4 Å². The number of halogens is 2. The van der Waals surface area contributed by atoms with E-state index in [1.165, 1.54) is 31.1 Å². The summed E-state index contributed by atoms with van der Waals surface area (Å²) in [5, 5.41) is 2.90. The first-order chi connectivity index (χ1) is 19.0. The molecule has 0 bridgehead atoms. The van der Waals surface area contributed by atoms with Crippen LogP contribution in [-0.4, -0.2) is 62.7 Å². The molecule has 3 rings (SSSR count). The fourth-order valence-corrected chi connectivity index (χ4v) is 5.58. The summed E-state index contributed by atoms with van der Waals surface area (Å²) >= 11 is 3.46. The molecular weight excluding hydrogens is 599 g/mol. The van der Waals surface area contributed by atoms with E-state index in [2.05, 4.69) is 21.2 Å². The van der Waals surface area contributed by atoms with E-state index in [0.29, 0.717) is 13.0 Å². The number of carbonyl (C=O) groups is 2. The monoisotopic (exact) mass is 632 g/mol. The molecule has 40 heavy (non-hydrogen) atoms. The van der Waals surface area contributed by atoms with Crippen LogP contribution >= 0.6 is 15.9 Å². The summed E-state index contributed by atoms with van der Waals surface area (Å²) in [6, 6.07) is 20.7. The van der Waals surface area contributed by atoms with Crippen molar-refractivity contribution < 1.29 is 22.4 Å². The average Bonchev–Trinajstić information content (AvgIpc) is 2.93.